The van der Waals surface area contributed by atoms with E-state index in [-0.39, 0.29) is 5.56 Å². The molecule has 0 aliphatic heterocycles. The summed E-state index contributed by atoms with van der Waals surface area (Å²) in [5.41, 5.74) is 0.579. The quantitative estimate of drug-likeness (QED) is 0.578. The van der Waals surface area contributed by atoms with Crippen LogP contribution in [0, 0.1) is 6.92 Å². The molecule has 6 nitrogen and oxygen atoms in total. The van der Waals surface area contributed by atoms with Crippen LogP contribution >= 0.6 is 11.8 Å². The molecule has 0 atom stereocenters. The van der Waals surface area contributed by atoms with Crippen molar-refractivity contribution in [1.82, 2.24) is 24.7 Å². The lowest BCUT2D eigenvalue weighted by Gasteiger charge is -2.05. The summed E-state index contributed by atoms with van der Waals surface area (Å²) in [6.07, 6.45) is 1.80. The number of aromatic amines is 1. The average molecular weight is 313 g/mol. The lowest BCUT2D eigenvalue weighted by atomic mass is 10.2. The number of allylic oxidation sites excluding steroid dienone is 1. The maximum atomic E-state index is 12.0. The van der Waals surface area contributed by atoms with Crippen LogP contribution in [0.25, 0.3) is 10.9 Å². The van der Waals surface area contributed by atoms with Gasteiger partial charge in [-0.1, -0.05) is 30.0 Å². The normalized spacial score (nSPS) is 11.0. The van der Waals surface area contributed by atoms with Gasteiger partial charge in [0.15, 0.2) is 5.16 Å². The molecule has 0 aliphatic rings. The number of fused-ring (bicyclic) bond motifs is 1. The van der Waals surface area contributed by atoms with E-state index in [1.54, 1.807) is 12.1 Å². The zero-order valence-corrected chi connectivity index (χ0v) is 12.9. The van der Waals surface area contributed by atoms with E-state index in [2.05, 4.69) is 26.7 Å². The number of para-hydroxylation sites is 1. The maximum Gasteiger partial charge on any atom is 0.258 e. The minimum atomic E-state index is -0.120. The van der Waals surface area contributed by atoms with Crippen molar-refractivity contribution in [3.63, 3.8) is 0 Å². The summed E-state index contributed by atoms with van der Waals surface area (Å²) in [6.45, 7) is 6.29. The smallest absolute Gasteiger partial charge is 0.258 e. The van der Waals surface area contributed by atoms with E-state index < -0.39 is 0 Å². The molecule has 0 spiro atoms. The van der Waals surface area contributed by atoms with Gasteiger partial charge in [-0.05, 0) is 19.1 Å². The van der Waals surface area contributed by atoms with Crippen molar-refractivity contribution in [3.8, 4) is 0 Å². The van der Waals surface area contributed by atoms with Crippen molar-refractivity contribution in [2.75, 3.05) is 0 Å². The third-order valence-corrected chi connectivity index (χ3v) is 4.19. The van der Waals surface area contributed by atoms with Gasteiger partial charge in [-0.15, -0.1) is 16.8 Å². The van der Waals surface area contributed by atoms with Gasteiger partial charge in [0.25, 0.3) is 5.56 Å². The second-order valence-corrected chi connectivity index (χ2v) is 5.69. The number of nitrogens with zero attached hydrogens (tertiary/aromatic N) is 4. The van der Waals surface area contributed by atoms with Crippen LogP contribution in [0.1, 0.15) is 11.6 Å². The second-order valence-electron chi connectivity index (χ2n) is 4.75. The standard InChI is InChI=1S/C15H15N5OS/c1-3-8-20-10(2)18-19-15(20)22-9-13-16-12-7-5-4-6-11(12)14(21)17-13/h3-7H,1,8-9H2,2H3,(H,16,17,21). The molecule has 2 aromatic heterocycles. The Labute approximate surface area is 131 Å². The minimum absolute atomic E-state index is 0.120. The maximum absolute atomic E-state index is 12.0. The summed E-state index contributed by atoms with van der Waals surface area (Å²) < 4.78 is 1.97. The lowest BCUT2D eigenvalue weighted by molar-refractivity contribution is 0.703. The van der Waals surface area contributed by atoms with Crippen LogP contribution < -0.4 is 5.56 Å². The molecule has 0 saturated heterocycles. The number of hydrogen-bond donors (Lipinski definition) is 1. The van der Waals surface area contributed by atoms with Crippen LogP contribution in [0.4, 0.5) is 0 Å². The molecule has 1 aromatic carbocycles. The highest BCUT2D eigenvalue weighted by molar-refractivity contribution is 7.98. The molecule has 0 radical (unpaired) electrons. The Kier molecular flexibility index (Phi) is 4.06. The van der Waals surface area contributed by atoms with Crippen LogP contribution in [-0.2, 0) is 12.3 Å². The summed E-state index contributed by atoms with van der Waals surface area (Å²) in [6, 6.07) is 7.30. The number of hydrogen-bond acceptors (Lipinski definition) is 5. The highest BCUT2D eigenvalue weighted by Crippen LogP contribution is 2.20. The molecule has 0 fully saturated rings. The topological polar surface area (TPSA) is 76.5 Å². The lowest BCUT2D eigenvalue weighted by Crippen LogP contribution is -2.11. The number of aromatic nitrogens is 5. The third-order valence-electron chi connectivity index (χ3n) is 3.21. The molecular weight excluding hydrogens is 298 g/mol. The number of thioether (sulfide) groups is 1. The van der Waals surface area contributed by atoms with Crippen molar-refractivity contribution in [3.05, 3.63) is 58.9 Å². The second kappa shape index (κ2) is 6.15. The van der Waals surface area contributed by atoms with Crippen molar-refractivity contribution in [2.45, 2.75) is 24.4 Å². The first kappa shape index (κ1) is 14.5. The Balaban J connectivity index is 1.85. The fraction of sp³-hybridized carbons (Fsp3) is 0.200. The Morgan fingerprint density at radius 2 is 2.18 bits per heavy atom. The van der Waals surface area contributed by atoms with Crippen LogP contribution in [0.5, 0.6) is 0 Å². The summed E-state index contributed by atoms with van der Waals surface area (Å²) >= 11 is 1.49. The van der Waals surface area contributed by atoms with Gasteiger partial charge in [-0.25, -0.2) is 4.98 Å². The van der Waals surface area contributed by atoms with Gasteiger partial charge in [-0.3, -0.25) is 4.79 Å². The van der Waals surface area contributed by atoms with Crippen molar-refractivity contribution >= 4 is 22.7 Å². The molecule has 112 valence electrons. The van der Waals surface area contributed by atoms with Crippen LogP contribution in [0.2, 0.25) is 0 Å². The third kappa shape index (κ3) is 2.80. The van der Waals surface area contributed by atoms with E-state index in [0.29, 0.717) is 29.0 Å². The summed E-state index contributed by atoms with van der Waals surface area (Å²) in [5.74, 6) is 1.98. The van der Waals surface area contributed by atoms with Crippen molar-refractivity contribution < 1.29 is 0 Å². The van der Waals surface area contributed by atoms with Gasteiger partial charge in [0.05, 0.1) is 16.7 Å². The van der Waals surface area contributed by atoms with E-state index >= 15 is 0 Å². The molecule has 0 amide bonds. The summed E-state index contributed by atoms with van der Waals surface area (Å²) in [4.78, 5) is 19.3. The van der Waals surface area contributed by atoms with Gasteiger partial charge in [0, 0.05) is 6.54 Å². The number of aryl methyl sites for hydroxylation is 1. The first-order valence-electron chi connectivity index (χ1n) is 6.80. The molecule has 0 saturated carbocycles. The van der Waals surface area contributed by atoms with Crippen LogP contribution in [0.3, 0.4) is 0 Å². The van der Waals surface area contributed by atoms with E-state index in [9.17, 15) is 4.79 Å². The summed E-state index contributed by atoms with van der Waals surface area (Å²) in [7, 11) is 0. The molecule has 0 bridgehead atoms. The van der Waals surface area contributed by atoms with Gasteiger partial charge in [-0.2, -0.15) is 0 Å². The zero-order valence-electron chi connectivity index (χ0n) is 12.1. The minimum Gasteiger partial charge on any atom is -0.309 e. The van der Waals surface area contributed by atoms with Gasteiger partial charge >= 0.3 is 0 Å². The van der Waals surface area contributed by atoms with Crippen molar-refractivity contribution in [2.24, 2.45) is 0 Å². The molecule has 2 heterocycles. The van der Waals surface area contributed by atoms with Crippen molar-refractivity contribution in [1.29, 1.82) is 0 Å². The molecule has 1 N–H and O–H groups in total. The molecular formula is C15H15N5OS. The predicted octanol–water partition coefficient (Wildman–Crippen LogP) is 2.30. The number of benzene rings is 1. The fourth-order valence-electron chi connectivity index (χ4n) is 2.14. The highest BCUT2D eigenvalue weighted by atomic mass is 32.2. The number of rotatable bonds is 5. The Morgan fingerprint density at radius 1 is 1.36 bits per heavy atom. The zero-order chi connectivity index (χ0) is 15.5. The molecule has 22 heavy (non-hydrogen) atoms. The number of H-pyrrole nitrogens is 1. The van der Waals surface area contributed by atoms with E-state index in [1.165, 1.54) is 11.8 Å². The molecule has 0 aliphatic carbocycles. The largest absolute Gasteiger partial charge is 0.309 e. The van der Waals surface area contributed by atoms with Gasteiger partial charge in [0.1, 0.15) is 11.6 Å². The summed E-state index contributed by atoms with van der Waals surface area (Å²) in [5, 5.41) is 9.59. The van der Waals surface area contributed by atoms with E-state index in [1.807, 2.05) is 29.7 Å². The Hall–Kier alpha value is -2.41. The fourth-order valence-corrected chi connectivity index (χ4v) is 3.01. The van der Waals surface area contributed by atoms with E-state index in [4.69, 9.17) is 0 Å². The van der Waals surface area contributed by atoms with Crippen LogP contribution in [-0.4, -0.2) is 24.7 Å². The monoisotopic (exact) mass is 313 g/mol. The SMILES string of the molecule is C=CCn1c(C)nnc1SCc1nc2ccccc2c(=O)[nH]1. The number of nitrogens with one attached hydrogen (secondary N) is 1. The van der Waals surface area contributed by atoms with Gasteiger partial charge < -0.3 is 9.55 Å². The van der Waals surface area contributed by atoms with Gasteiger partial charge in [0.2, 0.25) is 0 Å². The van der Waals surface area contributed by atoms with Crippen LogP contribution in [0.15, 0.2) is 46.9 Å². The Bertz CT molecular complexity index is 883. The predicted molar refractivity (Wildman–Crippen MR) is 86.9 cm³/mol. The molecule has 3 rings (SSSR count). The van der Waals surface area contributed by atoms with E-state index in [0.717, 1.165) is 11.0 Å². The Morgan fingerprint density at radius 3 is 3.00 bits per heavy atom. The first-order chi connectivity index (χ1) is 10.7. The first-order valence-corrected chi connectivity index (χ1v) is 7.79. The average Bonchev–Trinajstić information content (AvgIpc) is 2.86. The molecule has 7 heteroatoms. The highest BCUT2D eigenvalue weighted by Gasteiger charge is 2.10. The molecule has 3 aromatic rings. The molecule has 0 unspecified atom stereocenters.